The van der Waals surface area contributed by atoms with Crippen molar-refractivity contribution in [3.63, 3.8) is 0 Å². The van der Waals surface area contributed by atoms with Crippen LogP contribution in [-0.4, -0.2) is 37.9 Å². The van der Waals surface area contributed by atoms with Gasteiger partial charge in [0.05, 0.1) is 0 Å². The third-order valence-corrected chi connectivity index (χ3v) is 5.59. The summed E-state index contributed by atoms with van der Waals surface area (Å²) in [5.74, 6) is -1.38. The van der Waals surface area contributed by atoms with Crippen LogP contribution in [0.2, 0.25) is 0 Å². The molecule has 3 rings (SSSR count). The molecule has 2 aromatic carbocycles. The topological polar surface area (TPSA) is 75.7 Å². The molecule has 0 radical (unpaired) electrons. The van der Waals surface area contributed by atoms with Gasteiger partial charge in [-0.3, -0.25) is 14.4 Å². The number of rotatable bonds is 6. The van der Waals surface area contributed by atoms with Gasteiger partial charge in [0, 0.05) is 40.0 Å². The number of allylic oxidation sites excluding steroid dienone is 1. The molecule has 2 aromatic rings. The van der Waals surface area contributed by atoms with Crippen LogP contribution < -0.4 is 10.2 Å². The van der Waals surface area contributed by atoms with Crippen LogP contribution >= 0.6 is 15.9 Å². The molecule has 6 nitrogen and oxygen atoms in total. The van der Waals surface area contributed by atoms with Gasteiger partial charge in [-0.25, -0.2) is 0 Å². The fraction of sp³-hybridized carbons (Fsp3) is 0.261. The second kappa shape index (κ2) is 8.83. The van der Waals surface area contributed by atoms with E-state index in [9.17, 15) is 14.4 Å². The minimum absolute atomic E-state index is 0.313. The Bertz CT molecular complexity index is 1030. The maximum atomic E-state index is 12.4. The number of halogens is 1. The molecule has 1 heterocycles. The van der Waals surface area contributed by atoms with E-state index in [0.717, 1.165) is 21.4 Å². The number of esters is 1. The maximum absolute atomic E-state index is 12.4. The lowest BCUT2D eigenvalue weighted by Gasteiger charge is -2.23. The highest BCUT2D eigenvalue weighted by atomic mass is 79.9. The fourth-order valence-corrected chi connectivity index (χ4v) is 3.94. The molecule has 0 aromatic heterocycles. The minimum atomic E-state index is -0.674. The Balaban J connectivity index is 1.54. The van der Waals surface area contributed by atoms with Crippen molar-refractivity contribution in [3.05, 3.63) is 75.9 Å². The number of amides is 1. The Kier molecular flexibility index (Phi) is 6.41. The van der Waals surface area contributed by atoms with Crippen molar-refractivity contribution < 1.29 is 19.1 Å². The summed E-state index contributed by atoms with van der Waals surface area (Å²) in [6.07, 6.45) is 1.52. The Morgan fingerprint density at radius 2 is 1.87 bits per heavy atom. The molecule has 0 fully saturated rings. The van der Waals surface area contributed by atoms with Crippen molar-refractivity contribution in [2.24, 2.45) is 0 Å². The zero-order valence-corrected chi connectivity index (χ0v) is 18.7. The highest BCUT2D eigenvalue weighted by Gasteiger charge is 2.38. The van der Waals surface area contributed by atoms with E-state index < -0.39 is 11.9 Å². The number of anilines is 1. The Morgan fingerprint density at radius 1 is 1.13 bits per heavy atom. The van der Waals surface area contributed by atoms with Crippen molar-refractivity contribution in [3.8, 4) is 0 Å². The van der Waals surface area contributed by atoms with Crippen molar-refractivity contribution in [2.75, 3.05) is 25.1 Å². The van der Waals surface area contributed by atoms with Gasteiger partial charge < -0.3 is 15.0 Å². The number of para-hydroxylation sites is 1. The molecule has 7 heteroatoms. The summed E-state index contributed by atoms with van der Waals surface area (Å²) in [5.41, 5.74) is 3.12. The van der Waals surface area contributed by atoms with Gasteiger partial charge in [-0.1, -0.05) is 54.0 Å². The second-order valence-corrected chi connectivity index (χ2v) is 8.47. The molecular weight excluding hydrogens is 448 g/mol. The van der Waals surface area contributed by atoms with Gasteiger partial charge in [0.15, 0.2) is 12.4 Å². The number of fused-ring (bicyclic) bond motifs is 1. The van der Waals surface area contributed by atoms with Gasteiger partial charge >= 0.3 is 5.97 Å². The number of hydrogen-bond acceptors (Lipinski definition) is 5. The zero-order valence-electron chi connectivity index (χ0n) is 17.1. The molecule has 156 valence electrons. The van der Waals surface area contributed by atoms with Gasteiger partial charge in [-0.2, -0.15) is 0 Å². The molecule has 0 atom stereocenters. The summed E-state index contributed by atoms with van der Waals surface area (Å²) >= 11 is 3.29. The average Bonchev–Trinajstić information content (AvgIpc) is 2.91. The lowest BCUT2D eigenvalue weighted by molar-refractivity contribution is -0.145. The van der Waals surface area contributed by atoms with Gasteiger partial charge in [-0.15, -0.1) is 0 Å². The number of benzene rings is 2. The summed E-state index contributed by atoms with van der Waals surface area (Å²) in [4.78, 5) is 38.4. The van der Waals surface area contributed by atoms with Crippen LogP contribution in [0, 0.1) is 0 Å². The summed E-state index contributed by atoms with van der Waals surface area (Å²) in [7, 11) is 1.91. The first-order valence-electron chi connectivity index (χ1n) is 9.48. The number of ether oxygens (including phenoxy) is 1. The number of hydrogen-bond donors (Lipinski definition) is 1. The van der Waals surface area contributed by atoms with Crippen LogP contribution in [0.5, 0.6) is 0 Å². The molecular formula is C23H23BrN2O4. The molecule has 0 bridgehead atoms. The van der Waals surface area contributed by atoms with E-state index in [1.165, 1.54) is 6.08 Å². The standard InChI is InChI=1S/C23H23BrN2O4/c1-23(2)18-9-4-5-10-19(18)26(3)20(23)12-17(27)14-30-21(28)13-25-22(29)15-7-6-8-16(24)11-15/h4-12H,13-14H2,1-3H3,(H,25,29). The third-order valence-electron chi connectivity index (χ3n) is 5.09. The maximum Gasteiger partial charge on any atom is 0.325 e. The number of likely N-dealkylation sites (N-methyl/N-ethyl adjacent to an activating group) is 1. The van der Waals surface area contributed by atoms with Crippen LogP contribution in [0.3, 0.4) is 0 Å². The summed E-state index contributed by atoms with van der Waals surface area (Å²) in [5, 5.41) is 2.49. The number of carbonyl (C=O) groups is 3. The highest BCUT2D eigenvalue weighted by molar-refractivity contribution is 9.10. The SMILES string of the molecule is CN1C(=CC(=O)COC(=O)CNC(=O)c2cccc(Br)c2)C(C)(C)c2ccccc21. The van der Waals surface area contributed by atoms with Gasteiger partial charge in [-0.05, 0) is 29.8 Å². The van der Waals surface area contributed by atoms with E-state index in [1.807, 2.05) is 36.2 Å². The van der Waals surface area contributed by atoms with Crippen LogP contribution in [0.15, 0.2) is 64.8 Å². The molecule has 1 N–H and O–H groups in total. The first-order chi connectivity index (χ1) is 14.2. The van der Waals surface area contributed by atoms with E-state index in [4.69, 9.17) is 4.74 Å². The van der Waals surface area contributed by atoms with Crippen LogP contribution in [-0.2, 0) is 19.7 Å². The molecule has 1 aliphatic rings. The Hall–Kier alpha value is -2.93. The van der Waals surface area contributed by atoms with E-state index in [2.05, 4.69) is 35.1 Å². The number of nitrogens with one attached hydrogen (secondary N) is 1. The average molecular weight is 471 g/mol. The molecule has 0 unspecified atom stereocenters. The van der Waals surface area contributed by atoms with Crippen LogP contribution in [0.4, 0.5) is 5.69 Å². The first kappa shape index (κ1) is 21.8. The van der Waals surface area contributed by atoms with Crippen molar-refractivity contribution in [1.29, 1.82) is 0 Å². The summed E-state index contributed by atoms with van der Waals surface area (Å²) in [6, 6.07) is 14.8. The lowest BCUT2D eigenvalue weighted by atomic mass is 9.83. The number of nitrogens with zero attached hydrogens (tertiary/aromatic N) is 1. The van der Waals surface area contributed by atoms with E-state index in [1.54, 1.807) is 24.3 Å². The molecule has 0 saturated carbocycles. The van der Waals surface area contributed by atoms with Crippen LogP contribution in [0.1, 0.15) is 29.8 Å². The van der Waals surface area contributed by atoms with Gasteiger partial charge in [0.2, 0.25) is 0 Å². The quantitative estimate of drug-likeness (QED) is 0.515. The first-order valence-corrected chi connectivity index (χ1v) is 10.3. The monoisotopic (exact) mass is 470 g/mol. The molecule has 0 aliphatic carbocycles. The molecule has 1 amide bonds. The van der Waals surface area contributed by atoms with Crippen molar-refractivity contribution in [2.45, 2.75) is 19.3 Å². The summed E-state index contributed by atoms with van der Waals surface area (Å²) < 4.78 is 5.79. The molecule has 0 saturated heterocycles. The third kappa shape index (κ3) is 4.62. The Labute approximate surface area is 184 Å². The number of ketones is 1. The Morgan fingerprint density at radius 3 is 2.57 bits per heavy atom. The highest BCUT2D eigenvalue weighted by Crippen LogP contribution is 2.46. The van der Waals surface area contributed by atoms with Crippen molar-refractivity contribution >= 4 is 39.3 Å². The molecule has 1 aliphatic heterocycles. The summed E-state index contributed by atoms with van der Waals surface area (Å²) in [6.45, 7) is 3.41. The van der Waals surface area contributed by atoms with Gasteiger partial charge in [0.25, 0.3) is 5.91 Å². The zero-order chi connectivity index (χ0) is 21.9. The van der Waals surface area contributed by atoms with E-state index in [-0.39, 0.29) is 24.3 Å². The van der Waals surface area contributed by atoms with Crippen molar-refractivity contribution in [1.82, 2.24) is 5.32 Å². The largest absolute Gasteiger partial charge is 0.456 e. The lowest BCUT2D eigenvalue weighted by Crippen LogP contribution is -2.31. The fourth-order valence-electron chi connectivity index (χ4n) is 3.54. The second-order valence-electron chi connectivity index (χ2n) is 7.55. The van der Waals surface area contributed by atoms with E-state index in [0.29, 0.717) is 5.56 Å². The molecule has 0 spiro atoms. The van der Waals surface area contributed by atoms with E-state index >= 15 is 0 Å². The number of carbonyl (C=O) groups excluding carboxylic acids is 3. The minimum Gasteiger partial charge on any atom is -0.456 e. The normalized spacial score (nSPS) is 15.6. The van der Waals surface area contributed by atoms with Gasteiger partial charge in [0.1, 0.15) is 6.54 Å². The predicted molar refractivity (Wildman–Crippen MR) is 118 cm³/mol. The smallest absolute Gasteiger partial charge is 0.325 e. The van der Waals surface area contributed by atoms with Crippen LogP contribution in [0.25, 0.3) is 0 Å². The predicted octanol–water partition coefficient (Wildman–Crippen LogP) is 3.60. The molecule has 30 heavy (non-hydrogen) atoms.